The van der Waals surface area contributed by atoms with Crippen LogP contribution in [0.5, 0.6) is 11.5 Å². The molecule has 0 spiro atoms. The fraction of sp³-hybridized carbons (Fsp3) is 0.188. The zero-order valence-corrected chi connectivity index (χ0v) is 15.2. The Morgan fingerprint density at radius 1 is 1.08 bits per heavy atom. The van der Waals surface area contributed by atoms with Crippen LogP contribution >= 0.6 is 34.8 Å². The number of halogens is 3. The van der Waals surface area contributed by atoms with E-state index in [0.29, 0.717) is 34.4 Å². The first-order chi connectivity index (χ1) is 11.5. The van der Waals surface area contributed by atoms with E-state index >= 15 is 0 Å². The van der Waals surface area contributed by atoms with Crippen LogP contribution in [0.3, 0.4) is 0 Å². The van der Waals surface area contributed by atoms with Crippen LogP contribution in [0.25, 0.3) is 0 Å². The van der Waals surface area contributed by atoms with Gasteiger partial charge in [0.05, 0.1) is 29.4 Å². The van der Waals surface area contributed by atoms with Crippen molar-refractivity contribution in [1.82, 2.24) is 5.43 Å². The summed E-state index contributed by atoms with van der Waals surface area (Å²) in [7, 11) is 1.53. The highest BCUT2D eigenvalue weighted by Gasteiger charge is 2.13. The topological polar surface area (TPSA) is 59.6 Å². The number of ether oxygens (including phenoxy) is 2. The largest absolute Gasteiger partial charge is 0.493 e. The van der Waals surface area contributed by atoms with E-state index in [1.54, 1.807) is 18.2 Å². The molecule has 2 N–H and O–H groups in total. The number of rotatable bonds is 6. The molecule has 1 amide bonds. The summed E-state index contributed by atoms with van der Waals surface area (Å²) in [6, 6.07) is 7.89. The van der Waals surface area contributed by atoms with Gasteiger partial charge in [0.1, 0.15) is 0 Å². The molecule has 0 unspecified atom stereocenters. The molecule has 5 nitrogen and oxygen atoms in total. The second-order valence-corrected chi connectivity index (χ2v) is 5.87. The van der Waals surface area contributed by atoms with Crippen molar-refractivity contribution in [3.63, 3.8) is 0 Å². The van der Waals surface area contributed by atoms with E-state index in [1.807, 2.05) is 6.92 Å². The Bertz CT molecular complexity index is 730. The summed E-state index contributed by atoms with van der Waals surface area (Å²) in [5.41, 5.74) is 5.96. The Labute approximate surface area is 154 Å². The van der Waals surface area contributed by atoms with Gasteiger partial charge in [-0.15, -0.1) is 0 Å². The fourth-order valence-corrected chi connectivity index (χ4v) is 2.85. The molecule has 0 saturated carbocycles. The summed E-state index contributed by atoms with van der Waals surface area (Å²) < 4.78 is 10.6. The minimum Gasteiger partial charge on any atom is -0.493 e. The highest BCUT2D eigenvalue weighted by Crippen LogP contribution is 2.33. The number of hydrogen-bond acceptors (Lipinski definition) is 4. The molecule has 0 saturated heterocycles. The van der Waals surface area contributed by atoms with Crippen molar-refractivity contribution in [2.45, 2.75) is 6.92 Å². The van der Waals surface area contributed by atoms with Crippen LogP contribution in [0, 0.1) is 0 Å². The highest BCUT2D eigenvalue weighted by molar-refractivity contribution is 6.41. The summed E-state index contributed by atoms with van der Waals surface area (Å²) in [5, 5.41) is 0.980. The zero-order valence-electron chi connectivity index (χ0n) is 13.0. The van der Waals surface area contributed by atoms with Crippen molar-refractivity contribution in [3.8, 4) is 11.5 Å². The lowest BCUT2D eigenvalue weighted by atomic mass is 10.2. The minimum absolute atomic E-state index is 0.289. The molecule has 8 heteroatoms. The number of hydrogen-bond donors (Lipinski definition) is 2. The Morgan fingerprint density at radius 3 is 2.33 bits per heavy atom. The molecule has 0 fully saturated rings. The Morgan fingerprint density at radius 2 is 1.75 bits per heavy atom. The van der Waals surface area contributed by atoms with E-state index in [-0.39, 0.29) is 16.0 Å². The molecule has 128 valence electrons. The number of methoxy groups -OCH3 is 1. The Kier molecular flexibility index (Phi) is 6.43. The maximum atomic E-state index is 12.3. The smallest absolute Gasteiger partial charge is 0.269 e. The number of hydrazine groups is 1. The molecule has 0 bridgehead atoms. The third-order valence-electron chi connectivity index (χ3n) is 3.03. The highest BCUT2D eigenvalue weighted by atomic mass is 35.5. The van der Waals surface area contributed by atoms with Gasteiger partial charge in [0.2, 0.25) is 0 Å². The van der Waals surface area contributed by atoms with Gasteiger partial charge < -0.3 is 9.47 Å². The number of carbonyl (C=O) groups excluding carboxylic acids is 1. The monoisotopic (exact) mass is 388 g/mol. The molecular formula is C16H15Cl3N2O3. The molecule has 0 aromatic heterocycles. The van der Waals surface area contributed by atoms with Crippen LogP contribution < -0.4 is 20.3 Å². The van der Waals surface area contributed by atoms with Gasteiger partial charge in [0, 0.05) is 10.6 Å². The summed E-state index contributed by atoms with van der Waals surface area (Å²) in [5.74, 6) is 0.640. The normalized spacial score (nSPS) is 10.2. The van der Waals surface area contributed by atoms with E-state index < -0.39 is 0 Å². The molecule has 0 aliphatic heterocycles. The maximum absolute atomic E-state index is 12.3. The standard InChI is InChI=1S/C16H15Cl3N2O3/c1-3-24-14-6-9(4-5-13(14)23-2)16(22)21-20-15-11(18)7-10(17)8-12(15)19/h4-8,20H,3H2,1-2H3,(H,21,22). The number of nitrogens with one attached hydrogen (secondary N) is 2. The molecule has 2 rings (SSSR count). The number of benzene rings is 2. The van der Waals surface area contributed by atoms with Gasteiger partial charge >= 0.3 is 0 Å². The minimum atomic E-state index is -0.388. The second-order valence-electron chi connectivity index (χ2n) is 4.62. The van der Waals surface area contributed by atoms with Gasteiger partial charge in [-0.2, -0.15) is 0 Å². The number of carbonyl (C=O) groups is 1. The lowest BCUT2D eigenvalue weighted by molar-refractivity contribution is 0.0962. The second kappa shape index (κ2) is 8.33. The molecule has 24 heavy (non-hydrogen) atoms. The van der Waals surface area contributed by atoms with Crippen molar-refractivity contribution in [1.29, 1.82) is 0 Å². The average Bonchev–Trinajstić information content (AvgIpc) is 2.53. The van der Waals surface area contributed by atoms with Gasteiger partial charge in [0.25, 0.3) is 5.91 Å². The zero-order chi connectivity index (χ0) is 17.7. The van der Waals surface area contributed by atoms with Crippen molar-refractivity contribution < 1.29 is 14.3 Å². The van der Waals surface area contributed by atoms with E-state index in [9.17, 15) is 4.79 Å². The molecule has 2 aromatic rings. The SMILES string of the molecule is CCOc1cc(C(=O)NNc2c(Cl)cc(Cl)cc2Cl)ccc1OC. The van der Waals surface area contributed by atoms with Crippen LogP contribution in [-0.2, 0) is 0 Å². The summed E-state index contributed by atoms with van der Waals surface area (Å²) in [6.45, 7) is 2.30. The van der Waals surface area contributed by atoms with Crippen LogP contribution in [0.15, 0.2) is 30.3 Å². The van der Waals surface area contributed by atoms with Crippen molar-refractivity contribution in [3.05, 3.63) is 51.0 Å². The van der Waals surface area contributed by atoms with Gasteiger partial charge in [0.15, 0.2) is 11.5 Å². The average molecular weight is 390 g/mol. The summed E-state index contributed by atoms with van der Waals surface area (Å²) >= 11 is 17.9. The molecular weight excluding hydrogens is 375 g/mol. The lowest BCUT2D eigenvalue weighted by Gasteiger charge is -2.14. The molecule has 0 atom stereocenters. The van der Waals surface area contributed by atoms with Gasteiger partial charge in [-0.1, -0.05) is 34.8 Å². The van der Waals surface area contributed by atoms with Crippen molar-refractivity contribution >= 4 is 46.4 Å². The Hall–Kier alpha value is -1.82. The van der Waals surface area contributed by atoms with E-state index in [0.717, 1.165) is 0 Å². The van der Waals surface area contributed by atoms with Crippen molar-refractivity contribution in [2.24, 2.45) is 0 Å². The first-order valence-corrected chi connectivity index (χ1v) is 8.11. The maximum Gasteiger partial charge on any atom is 0.269 e. The molecule has 0 heterocycles. The molecule has 2 aromatic carbocycles. The summed E-state index contributed by atoms with van der Waals surface area (Å²) in [6.07, 6.45) is 0. The number of amides is 1. The van der Waals surface area contributed by atoms with E-state index in [1.165, 1.54) is 19.2 Å². The van der Waals surface area contributed by atoms with E-state index in [4.69, 9.17) is 44.3 Å². The first kappa shape index (κ1) is 18.5. The van der Waals surface area contributed by atoms with Crippen LogP contribution in [0.4, 0.5) is 5.69 Å². The molecule has 0 aliphatic rings. The summed E-state index contributed by atoms with van der Waals surface area (Å²) in [4.78, 5) is 12.3. The molecule has 0 radical (unpaired) electrons. The number of anilines is 1. The van der Waals surface area contributed by atoms with E-state index in [2.05, 4.69) is 10.9 Å². The third kappa shape index (κ3) is 4.38. The lowest BCUT2D eigenvalue weighted by Crippen LogP contribution is -2.29. The van der Waals surface area contributed by atoms with Crippen LogP contribution in [-0.4, -0.2) is 19.6 Å². The fourth-order valence-electron chi connectivity index (χ4n) is 1.94. The first-order valence-electron chi connectivity index (χ1n) is 6.98. The molecule has 0 aliphatic carbocycles. The third-order valence-corrected chi connectivity index (χ3v) is 3.85. The van der Waals surface area contributed by atoms with Gasteiger partial charge in [-0.3, -0.25) is 15.6 Å². The van der Waals surface area contributed by atoms with Crippen LogP contribution in [0.1, 0.15) is 17.3 Å². The predicted molar refractivity (Wildman–Crippen MR) is 96.7 cm³/mol. The van der Waals surface area contributed by atoms with Gasteiger partial charge in [-0.25, -0.2) is 0 Å². The Balaban J connectivity index is 2.14. The quantitative estimate of drug-likeness (QED) is 0.696. The predicted octanol–water partition coefficient (Wildman–Crippen LogP) is 4.81. The van der Waals surface area contributed by atoms with Crippen LogP contribution in [0.2, 0.25) is 15.1 Å². The van der Waals surface area contributed by atoms with Crippen molar-refractivity contribution in [2.75, 3.05) is 19.1 Å². The van der Waals surface area contributed by atoms with Gasteiger partial charge in [-0.05, 0) is 37.3 Å².